The van der Waals surface area contributed by atoms with Crippen LogP contribution in [0.25, 0.3) is 0 Å². The first-order chi connectivity index (χ1) is 9.08. The Balaban J connectivity index is 2.21. The van der Waals surface area contributed by atoms with Gasteiger partial charge in [-0.1, -0.05) is 17.7 Å². The Morgan fingerprint density at radius 1 is 1.37 bits per heavy atom. The smallest absolute Gasteiger partial charge is 0.323 e. The zero-order valence-electron chi connectivity index (χ0n) is 10.8. The molecular formula is C14H17NO4. The van der Waals surface area contributed by atoms with Crippen LogP contribution < -0.4 is 4.90 Å². The van der Waals surface area contributed by atoms with E-state index in [4.69, 9.17) is 9.84 Å². The fourth-order valence-electron chi connectivity index (χ4n) is 2.11. The van der Waals surface area contributed by atoms with Crippen LogP contribution in [0.2, 0.25) is 0 Å². The van der Waals surface area contributed by atoms with E-state index in [9.17, 15) is 9.59 Å². The molecule has 1 N–H and O–H groups in total. The highest BCUT2D eigenvalue weighted by atomic mass is 16.5. The molecule has 5 nitrogen and oxygen atoms in total. The van der Waals surface area contributed by atoms with Gasteiger partial charge in [-0.2, -0.15) is 0 Å². The molecule has 1 heterocycles. The summed E-state index contributed by atoms with van der Waals surface area (Å²) in [5.74, 6) is -1.43. The monoisotopic (exact) mass is 263 g/mol. The number of anilines is 1. The Labute approximate surface area is 111 Å². The van der Waals surface area contributed by atoms with E-state index in [2.05, 4.69) is 0 Å². The molecule has 0 saturated carbocycles. The van der Waals surface area contributed by atoms with Crippen LogP contribution in [0.5, 0.6) is 0 Å². The van der Waals surface area contributed by atoms with Gasteiger partial charge in [0.1, 0.15) is 6.54 Å². The number of carboxylic acids is 1. The number of amides is 1. The number of carboxylic acid groups (broad SMARTS) is 1. The van der Waals surface area contributed by atoms with E-state index in [1.807, 2.05) is 19.1 Å². The third-order valence-electron chi connectivity index (χ3n) is 3.18. The highest BCUT2D eigenvalue weighted by molar-refractivity contribution is 5.98. The van der Waals surface area contributed by atoms with Crippen LogP contribution in [0.4, 0.5) is 5.69 Å². The molecule has 0 aromatic heterocycles. The first-order valence-corrected chi connectivity index (χ1v) is 6.25. The molecule has 1 aliphatic rings. The topological polar surface area (TPSA) is 66.8 Å². The quantitative estimate of drug-likeness (QED) is 0.892. The lowest BCUT2D eigenvalue weighted by molar-refractivity contribution is -0.137. The number of benzene rings is 1. The van der Waals surface area contributed by atoms with Gasteiger partial charge in [0.15, 0.2) is 0 Å². The Hall–Kier alpha value is -1.88. The summed E-state index contributed by atoms with van der Waals surface area (Å²) in [6.45, 7) is 2.56. The van der Waals surface area contributed by atoms with Crippen molar-refractivity contribution in [1.29, 1.82) is 0 Å². The van der Waals surface area contributed by atoms with E-state index in [1.54, 1.807) is 12.1 Å². The van der Waals surface area contributed by atoms with Crippen LogP contribution >= 0.6 is 0 Å². The van der Waals surface area contributed by atoms with Crippen molar-refractivity contribution in [3.63, 3.8) is 0 Å². The van der Waals surface area contributed by atoms with Crippen molar-refractivity contribution in [2.24, 2.45) is 5.92 Å². The van der Waals surface area contributed by atoms with Gasteiger partial charge >= 0.3 is 5.97 Å². The molecule has 0 radical (unpaired) electrons. The summed E-state index contributed by atoms with van der Waals surface area (Å²) in [6, 6.07) is 7.27. The molecule has 1 aromatic carbocycles. The number of aryl methyl sites for hydroxylation is 1. The molecule has 1 unspecified atom stereocenters. The second-order valence-electron chi connectivity index (χ2n) is 4.71. The summed E-state index contributed by atoms with van der Waals surface area (Å²) in [4.78, 5) is 24.6. The van der Waals surface area contributed by atoms with Crippen molar-refractivity contribution in [1.82, 2.24) is 0 Å². The Morgan fingerprint density at radius 3 is 2.58 bits per heavy atom. The number of hydrogen-bond donors (Lipinski definition) is 1. The molecule has 0 aliphatic carbocycles. The van der Waals surface area contributed by atoms with E-state index in [1.165, 1.54) is 4.90 Å². The van der Waals surface area contributed by atoms with E-state index < -0.39 is 5.97 Å². The lowest BCUT2D eigenvalue weighted by Crippen LogP contribution is -2.40. The van der Waals surface area contributed by atoms with Crippen LogP contribution in [0.3, 0.4) is 0 Å². The highest BCUT2D eigenvalue weighted by Crippen LogP contribution is 2.21. The number of carbonyl (C=O) groups excluding carboxylic acids is 1. The number of rotatable bonds is 4. The van der Waals surface area contributed by atoms with Crippen molar-refractivity contribution in [2.45, 2.75) is 13.3 Å². The van der Waals surface area contributed by atoms with Gasteiger partial charge in [0.05, 0.1) is 12.5 Å². The van der Waals surface area contributed by atoms with Gasteiger partial charge in [0, 0.05) is 12.3 Å². The summed E-state index contributed by atoms with van der Waals surface area (Å²) in [7, 11) is 0. The maximum absolute atomic E-state index is 12.3. The van der Waals surface area contributed by atoms with Crippen LogP contribution in [0.1, 0.15) is 12.0 Å². The normalized spacial score (nSPS) is 18.3. The van der Waals surface area contributed by atoms with E-state index in [0.717, 1.165) is 5.56 Å². The standard InChI is InChI=1S/C14H17NO4/c1-10-2-4-12(5-3-10)15(8-13(16)17)14(18)11-6-7-19-9-11/h2-5,11H,6-9H2,1H3,(H,16,17). The predicted molar refractivity (Wildman–Crippen MR) is 70.1 cm³/mol. The van der Waals surface area contributed by atoms with Crippen molar-refractivity contribution in [3.05, 3.63) is 29.8 Å². The SMILES string of the molecule is Cc1ccc(N(CC(=O)O)C(=O)C2CCOC2)cc1. The second-order valence-corrected chi connectivity index (χ2v) is 4.71. The number of nitrogens with zero attached hydrogens (tertiary/aromatic N) is 1. The molecule has 0 bridgehead atoms. The minimum atomic E-state index is -1.02. The van der Waals surface area contributed by atoms with Crippen LogP contribution in [0.15, 0.2) is 24.3 Å². The van der Waals surface area contributed by atoms with E-state index in [-0.39, 0.29) is 18.4 Å². The van der Waals surface area contributed by atoms with Crippen molar-refractivity contribution >= 4 is 17.6 Å². The van der Waals surface area contributed by atoms with Gasteiger partial charge < -0.3 is 14.7 Å². The molecule has 0 spiro atoms. The van der Waals surface area contributed by atoms with E-state index in [0.29, 0.717) is 25.3 Å². The van der Waals surface area contributed by atoms with Gasteiger partial charge in [-0.25, -0.2) is 0 Å². The molecule has 1 amide bonds. The van der Waals surface area contributed by atoms with Crippen molar-refractivity contribution in [2.75, 3.05) is 24.7 Å². The molecule has 19 heavy (non-hydrogen) atoms. The number of carbonyl (C=O) groups is 2. The first-order valence-electron chi connectivity index (χ1n) is 6.25. The molecule has 1 fully saturated rings. The summed E-state index contributed by atoms with van der Waals surface area (Å²) >= 11 is 0. The molecule has 2 rings (SSSR count). The van der Waals surface area contributed by atoms with Crippen LogP contribution in [-0.2, 0) is 14.3 Å². The number of ether oxygens (including phenoxy) is 1. The van der Waals surface area contributed by atoms with Crippen LogP contribution in [-0.4, -0.2) is 36.7 Å². The highest BCUT2D eigenvalue weighted by Gasteiger charge is 2.29. The van der Waals surface area contributed by atoms with Gasteiger partial charge in [-0.15, -0.1) is 0 Å². The van der Waals surface area contributed by atoms with E-state index >= 15 is 0 Å². The molecular weight excluding hydrogens is 246 g/mol. The summed E-state index contributed by atoms with van der Waals surface area (Å²) in [6.07, 6.45) is 0.654. The second kappa shape index (κ2) is 5.84. The average molecular weight is 263 g/mol. The zero-order chi connectivity index (χ0) is 13.8. The molecule has 5 heteroatoms. The lowest BCUT2D eigenvalue weighted by Gasteiger charge is -2.23. The molecule has 1 saturated heterocycles. The van der Waals surface area contributed by atoms with Gasteiger partial charge in [-0.3, -0.25) is 9.59 Å². The van der Waals surface area contributed by atoms with Gasteiger partial charge in [-0.05, 0) is 25.5 Å². The summed E-state index contributed by atoms with van der Waals surface area (Å²) < 4.78 is 5.19. The fourth-order valence-corrected chi connectivity index (χ4v) is 2.11. The van der Waals surface area contributed by atoms with Crippen LogP contribution in [0, 0.1) is 12.8 Å². The fraction of sp³-hybridized carbons (Fsp3) is 0.429. The number of hydrogen-bond acceptors (Lipinski definition) is 3. The van der Waals surface area contributed by atoms with Gasteiger partial charge in [0.25, 0.3) is 0 Å². The largest absolute Gasteiger partial charge is 0.480 e. The minimum Gasteiger partial charge on any atom is -0.480 e. The summed E-state index contributed by atoms with van der Waals surface area (Å²) in [5.41, 5.74) is 1.68. The molecule has 102 valence electrons. The van der Waals surface area contributed by atoms with Gasteiger partial charge in [0.2, 0.25) is 5.91 Å². The Kier molecular flexibility index (Phi) is 4.16. The predicted octanol–water partition coefficient (Wildman–Crippen LogP) is 1.45. The van der Waals surface area contributed by atoms with Crippen molar-refractivity contribution < 1.29 is 19.4 Å². The Morgan fingerprint density at radius 2 is 2.05 bits per heavy atom. The maximum atomic E-state index is 12.3. The average Bonchev–Trinajstić information content (AvgIpc) is 2.90. The third kappa shape index (κ3) is 3.32. The first kappa shape index (κ1) is 13.5. The summed E-state index contributed by atoms with van der Waals surface area (Å²) in [5, 5.41) is 8.97. The number of aliphatic carboxylic acids is 1. The lowest BCUT2D eigenvalue weighted by atomic mass is 10.1. The zero-order valence-corrected chi connectivity index (χ0v) is 10.8. The maximum Gasteiger partial charge on any atom is 0.323 e. The minimum absolute atomic E-state index is 0.177. The molecule has 1 atom stereocenters. The Bertz CT molecular complexity index is 463. The van der Waals surface area contributed by atoms with Crippen molar-refractivity contribution in [3.8, 4) is 0 Å². The molecule has 1 aromatic rings. The third-order valence-corrected chi connectivity index (χ3v) is 3.18. The molecule has 1 aliphatic heterocycles.